The van der Waals surface area contributed by atoms with Crippen LogP contribution in [0.25, 0.3) is 0 Å². The van der Waals surface area contributed by atoms with E-state index in [9.17, 15) is 24.3 Å². The molecule has 0 saturated carbocycles. The highest BCUT2D eigenvalue weighted by Crippen LogP contribution is 2.41. The van der Waals surface area contributed by atoms with Gasteiger partial charge in [-0.3, -0.25) is 14.5 Å². The predicted octanol–water partition coefficient (Wildman–Crippen LogP) is -1.09. The van der Waals surface area contributed by atoms with Crippen molar-refractivity contribution < 1.29 is 24.3 Å². The monoisotopic (exact) mass is 511 g/mol. The van der Waals surface area contributed by atoms with Crippen LogP contribution in [0.3, 0.4) is 0 Å². The summed E-state index contributed by atoms with van der Waals surface area (Å²) in [4.78, 5) is 54.1. The zero-order chi connectivity index (χ0) is 23.7. The first-order chi connectivity index (χ1) is 15.8. The number of carboxylic acids is 1. The van der Waals surface area contributed by atoms with Crippen molar-refractivity contribution in [2.24, 2.45) is 12.8 Å². The number of β-lactam (4-membered cyclic amide) rings is 1. The number of nitrogens with one attached hydrogen (secondary N) is 2. The van der Waals surface area contributed by atoms with E-state index < -0.39 is 41.3 Å². The summed E-state index contributed by atoms with van der Waals surface area (Å²) in [5.41, 5.74) is 5.61. The number of carbonyl (C=O) groups is 4. The number of carboxylic acid groups (broad SMARTS) is 1. The van der Waals surface area contributed by atoms with Crippen LogP contribution in [0.15, 0.2) is 28.0 Å². The molecule has 2 aliphatic heterocycles. The molecular weight excluding hydrogens is 494 g/mol. The van der Waals surface area contributed by atoms with E-state index in [2.05, 4.69) is 31.1 Å². The number of carbonyl (C=O) groups excluding carboxylic acids is 3. The zero-order valence-corrected chi connectivity index (χ0v) is 19.3. The van der Waals surface area contributed by atoms with Crippen LogP contribution < -0.4 is 16.4 Å². The lowest BCUT2D eigenvalue weighted by Crippen LogP contribution is -2.71. The molecule has 17 heteroatoms. The highest BCUT2D eigenvalue weighted by atomic mass is 32.2. The lowest BCUT2D eigenvalue weighted by atomic mass is 10.0. The fraction of sp³-hybridized carbons (Fsp3) is 0.375. The fourth-order valence-electron chi connectivity index (χ4n) is 3.28. The van der Waals surface area contributed by atoms with E-state index in [1.54, 1.807) is 12.4 Å². The minimum atomic E-state index is -1.24. The Bertz CT molecular complexity index is 1130. The summed E-state index contributed by atoms with van der Waals surface area (Å²) in [7, 11) is 1.67. The van der Waals surface area contributed by atoms with Crippen LogP contribution in [0.2, 0.25) is 0 Å². The van der Waals surface area contributed by atoms with E-state index in [1.165, 1.54) is 39.3 Å². The average Bonchev–Trinajstić information content (AvgIpc) is 3.45. The lowest BCUT2D eigenvalue weighted by Gasteiger charge is -2.49. The first-order valence-electron chi connectivity index (χ1n) is 9.28. The van der Waals surface area contributed by atoms with Crippen molar-refractivity contribution in [1.82, 2.24) is 40.7 Å². The summed E-state index contributed by atoms with van der Waals surface area (Å²) in [5.74, 6) is -1.83. The molecule has 174 valence electrons. The van der Waals surface area contributed by atoms with Crippen LogP contribution in [0.4, 0.5) is 4.79 Å². The van der Waals surface area contributed by atoms with Crippen molar-refractivity contribution in [3.8, 4) is 0 Å². The van der Waals surface area contributed by atoms with Crippen LogP contribution >= 0.6 is 34.9 Å². The SMILES string of the molecule is Cn1nnnc1SCC1=C(C(=O)O)N2C(=O)[C@H](NC(=O)C(NC(N)=O)c3nccs3)C2SC1. The number of fused-ring (bicyclic) bond motifs is 1. The van der Waals surface area contributed by atoms with Crippen molar-refractivity contribution in [2.75, 3.05) is 11.5 Å². The molecule has 2 aliphatic rings. The minimum absolute atomic E-state index is 0.108. The maximum absolute atomic E-state index is 12.8. The molecule has 3 atom stereocenters. The molecule has 0 bridgehead atoms. The molecule has 4 rings (SSSR count). The highest BCUT2D eigenvalue weighted by Gasteiger charge is 2.54. The Morgan fingerprint density at radius 1 is 1.42 bits per heavy atom. The van der Waals surface area contributed by atoms with Gasteiger partial charge in [-0.2, -0.15) is 0 Å². The van der Waals surface area contributed by atoms with Gasteiger partial charge in [-0.1, -0.05) is 11.8 Å². The number of nitrogens with zero attached hydrogens (tertiary/aromatic N) is 6. The Labute approximate surface area is 198 Å². The number of aliphatic carboxylic acids is 1. The van der Waals surface area contributed by atoms with Crippen LogP contribution in [0.1, 0.15) is 11.0 Å². The van der Waals surface area contributed by atoms with Crippen LogP contribution in [0.5, 0.6) is 0 Å². The number of tetrazole rings is 1. The number of thiazole rings is 1. The maximum atomic E-state index is 12.8. The topological polar surface area (TPSA) is 198 Å². The number of aromatic nitrogens is 5. The smallest absolute Gasteiger partial charge is 0.352 e. The van der Waals surface area contributed by atoms with Gasteiger partial charge in [0.1, 0.15) is 22.1 Å². The molecule has 14 nitrogen and oxygen atoms in total. The second-order valence-corrected chi connectivity index (χ2v) is 9.81. The Balaban J connectivity index is 1.48. The molecule has 1 saturated heterocycles. The fourth-order valence-corrected chi connectivity index (χ4v) is 6.30. The summed E-state index contributed by atoms with van der Waals surface area (Å²) < 4.78 is 1.46. The number of hydrogen-bond acceptors (Lipinski definition) is 11. The molecule has 1 fully saturated rings. The third kappa shape index (κ3) is 4.51. The standard InChI is InChI=1S/C16H17N9O5S3/c1-24-16(21-22-23-24)33-5-6-4-32-13-8(12(27)25(13)9(6)14(28)29)19-10(26)7(20-15(17)30)11-18-2-3-31-11/h2-3,7-8,13H,4-5H2,1H3,(H,19,26)(H,28,29)(H3,17,20,30)/t7?,8-,13?/m0/s1. The molecule has 2 aromatic rings. The number of hydrogen-bond donors (Lipinski definition) is 4. The van der Waals surface area contributed by atoms with Gasteiger partial charge < -0.3 is 21.5 Å². The van der Waals surface area contributed by atoms with E-state index in [4.69, 9.17) is 5.73 Å². The summed E-state index contributed by atoms with van der Waals surface area (Å²) in [6.07, 6.45) is 1.47. The number of rotatable bonds is 8. The quantitative estimate of drug-likeness (QED) is 0.248. The Hall–Kier alpha value is -3.18. The van der Waals surface area contributed by atoms with Crippen molar-refractivity contribution in [1.29, 1.82) is 0 Å². The van der Waals surface area contributed by atoms with Gasteiger partial charge in [-0.15, -0.1) is 28.2 Å². The number of thioether (sulfide) groups is 2. The maximum Gasteiger partial charge on any atom is 0.352 e. The molecule has 0 aromatic carbocycles. The number of nitrogens with two attached hydrogens (primary N) is 1. The summed E-state index contributed by atoms with van der Waals surface area (Å²) >= 11 is 3.73. The first kappa shape index (κ1) is 23.0. The van der Waals surface area contributed by atoms with Gasteiger partial charge in [0, 0.05) is 30.1 Å². The van der Waals surface area contributed by atoms with E-state index in [1.807, 2.05) is 0 Å². The molecule has 2 aromatic heterocycles. The normalized spacial score (nSPS) is 20.6. The molecule has 4 heterocycles. The van der Waals surface area contributed by atoms with Crippen LogP contribution in [-0.2, 0) is 21.4 Å². The first-order valence-corrected chi connectivity index (χ1v) is 12.2. The Kier molecular flexibility index (Phi) is 6.52. The van der Waals surface area contributed by atoms with E-state index >= 15 is 0 Å². The van der Waals surface area contributed by atoms with Gasteiger partial charge in [0.15, 0.2) is 6.04 Å². The van der Waals surface area contributed by atoms with Crippen LogP contribution in [-0.4, -0.2) is 81.9 Å². The largest absolute Gasteiger partial charge is 0.477 e. The average molecular weight is 512 g/mol. The van der Waals surface area contributed by atoms with Crippen molar-refractivity contribution in [3.05, 3.63) is 27.9 Å². The Morgan fingerprint density at radius 3 is 2.82 bits per heavy atom. The van der Waals surface area contributed by atoms with Gasteiger partial charge in [-0.05, 0) is 16.0 Å². The summed E-state index contributed by atoms with van der Waals surface area (Å²) in [5, 5.41) is 27.6. The van der Waals surface area contributed by atoms with Gasteiger partial charge in [0.25, 0.3) is 11.8 Å². The molecule has 2 unspecified atom stereocenters. The lowest BCUT2D eigenvalue weighted by molar-refractivity contribution is -0.150. The molecule has 33 heavy (non-hydrogen) atoms. The number of amides is 4. The molecule has 4 amide bonds. The number of primary amides is 1. The van der Waals surface area contributed by atoms with Crippen molar-refractivity contribution in [2.45, 2.75) is 22.6 Å². The number of aryl methyl sites for hydroxylation is 1. The number of urea groups is 1. The summed E-state index contributed by atoms with van der Waals surface area (Å²) in [6.45, 7) is 0. The zero-order valence-electron chi connectivity index (χ0n) is 16.9. The van der Waals surface area contributed by atoms with Crippen molar-refractivity contribution >= 4 is 58.7 Å². The van der Waals surface area contributed by atoms with Gasteiger partial charge in [0.05, 0.1) is 0 Å². The second kappa shape index (κ2) is 9.36. The second-order valence-electron chi connectivity index (χ2n) is 6.84. The van der Waals surface area contributed by atoms with Crippen LogP contribution in [0, 0.1) is 0 Å². The highest BCUT2D eigenvalue weighted by molar-refractivity contribution is 8.01. The summed E-state index contributed by atoms with van der Waals surface area (Å²) in [6, 6.07) is -3.04. The Morgan fingerprint density at radius 2 is 2.21 bits per heavy atom. The minimum Gasteiger partial charge on any atom is -0.477 e. The van der Waals surface area contributed by atoms with Gasteiger partial charge >= 0.3 is 12.0 Å². The predicted molar refractivity (Wildman–Crippen MR) is 117 cm³/mol. The molecule has 0 radical (unpaired) electrons. The third-order valence-corrected chi connectivity index (χ3v) is 8.03. The molecule has 0 aliphatic carbocycles. The van der Waals surface area contributed by atoms with E-state index in [0.29, 0.717) is 21.5 Å². The third-order valence-electron chi connectivity index (χ3n) is 4.75. The molecule has 5 N–H and O–H groups in total. The van der Waals surface area contributed by atoms with Gasteiger partial charge in [-0.25, -0.2) is 19.3 Å². The van der Waals surface area contributed by atoms with Gasteiger partial charge in [0.2, 0.25) is 5.16 Å². The van der Waals surface area contributed by atoms with E-state index in [-0.39, 0.29) is 11.4 Å². The molecule has 0 spiro atoms. The molecular formula is C16H17N9O5S3. The van der Waals surface area contributed by atoms with Crippen molar-refractivity contribution in [3.63, 3.8) is 0 Å². The van der Waals surface area contributed by atoms with E-state index in [0.717, 1.165) is 11.3 Å².